The van der Waals surface area contributed by atoms with Crippen LogP contribution in [0.2, 0.25) is 0 Å². The number of hydrogen-bond acceptors (Lipinski definition) is 5. The van der Waals surface area contributed by atoms with Crippen molar-refractivity contribution in [2.24, 2.45) is 0 Å². The van der Waals surface area contributed by atoms with Crippen LogP contribution in [0.15, 0.2) is 36.7 Å². The van der Waals surface area contributed by atoms with E-state index in [0.29, 0.717) is 23.8 Å². The average molecular weight is 240 g/mol. The molecule has 2 aromatic heterocycles. The van der Waals surface area contributed by atoms with Crippen molar-refractivity contribution in [2.75, 3.05) is 12.4 Å². The van der Waals surface area contributed by atoms with Gasteiger partial charge in [-0.3, -0.25) is 0 Å². The highest BCUT2D eigenvalue weighted by atomic mass is 16.5. The van der Waals surface area contributed by atoms with E-state index in [1.165, 1.54) is 0 Å². The second kappa shape index (κ2) is 5.64. The van der Waals surface area contributed by atoms with E-state index in [1.54, 1.807) is 37.7 Å². The third-order valence-corrected chi connectivity index (χ3v) is 2.37. The number of aromatic nitrogens is 2. The first-order valence-corrected chi connectivity index (χ1v) is 5.41. The maximum absolute atomic E-state index is 8.78. The first-order chi connectivity index (χ1) is 8.81. The zero-order valence-electron chi connectivity index (χ0n) is 9.92. The van der Waals surface area contributed by atoms with Gasteiger partial charge in [-0.25, -0.2) is 9.97 Å². The lowest BCUT2D eigenvalue weighted by molar-refractivity contribution is 0.397. The van der Waals surface area contributed by atoms with E-state index in [1.807, 2.05) is 6.07 Å². The van der Waals surface area contributed by atoms with Gasteiger partial charge in [-0.05, 0) is 17.7 Å². The molecule has 90 valence electrons. The van der Waals surface area contributed by atoms with Crippen LogP contribution in [0.5, 0.6) is 5.88 Å². The van der Waals surface area contributed by atoms with Gasteiger partial charge in [0.05, 0.1) is 18.7 Å². The van der Waals surface area contributed by atoms with E-state index in [0.717, 1.165) is 5.56 Å². The largest absolute Gasteiger partial charge is 0.481 e. The molecule has 0 saturated heterocycles. The molecule has 0 atom stereocenters. The molecule has 2 aromatic rings. The summed E-state index contributed by atoms with van der Waals surface area (Å²) in [7, 11) is 1.58. The summed E-state index contributed by atoms with van der Waals surface area (Å²) >= 11 is 0. The number of ether oxygens (including phenoxy) is 1. The Labute approximate surface area is 105 Å². The van der Waals surface area contributed by atoms with Crippen molar-refractivity contribution in [2.45, 2.75) is 6.54 Å². The Balaban J connectivity index is 2.00. The standard InChI is InChI=1S/C13H12N4O/c1-18-13-3-2-11(9-17-13)8-16-12-6-10(7-14)4-5-15-12/h2-6,9H,8H2,1H3,(H,15,16). The van der Waals surface area contributed by atoms with Gasteiger partial charge in [0, 0.05) is 25.0 Å². The van der Waals surface area contributed by atoms with Gasteiger partial charge in [0.2, 0.25) is 5.88 Å². The zero-order chi connectivity index (χ0) is 12.8. The van der Waals surface area contributed by atoms with Gasteiger partial charge >= 0.3 is 0 Å². The van der Waals surface area contributed by atoms with E-state index < -0.39 is 0 Å². The fourth-order valence-corrected chi connectivity index (χ4v) is 1.43. The summed E-state index contributed by atoms with van der Waals surface area (Å²) in [6, 6.07) is 9.17. The van der Waals surface area contributed by atoms with Gasteiger partial charge in [-0.1, -0.05) is 6.07 Å². The predicted molar refractivity (Wildman–Crippen MR) is 67.1 cm³/mol. The van der Waals surface area contributed by atoms with Crippen molar-refractivity contribution in [1.82, 2.24) is 9.97 Å². The fourth-order valence-electron chi connectivity index (χ4n) is 1.43. The van der Waals surface area contributed by atoms with Gasteiger partial charge in [0.1, 0.15) is 5.82 Å². The molecule has 2 heterocycles. The molecule has 0 aliphatic rings. The molecule has 2 rings (SSSR count). The van der Waals surface area contributed by atoms with Crippen molar-refractivity contribution in [3.05, 3.63) is 47.8 Å². The van der Waals surface area contributed by atoms with E-state index in [4.69, 9.17) is 10.00 Å². The summed E-state index contributed by atoms with van der Waals surface area (Å²) in [6.07, 6.45) is 3.34. The molecule has 0 aliphatic heterocycles. The van der Waals surface area contributed by atoms with Gasteiger partial charge in [0.15, 0.2) is 0 Å². The second-order valence-electron chi connectivity index (χ2n) is 3.60. The van der Waals surface area contributed by atoms with Crippen LogP contribution in [-0.4, -0.2) is 17.1 Å². The maximum Gasteiger partial charge on any atom is 0.212 e. The molecule has 0 saturated carbocycles. The molecule has 0 aromatic carbocycles. The molecule has 1 N–H and O–H groups in total. The quantitative estimate of drug-likeness (QED) is 0.884. The minimum atomic E-state index is 0.584. The van der Waals surface area contributed by atoms with Crippen LogP contribution in [-0.2, 0) is 6.54 Å². The topological polar surface area (TPSA) is 70.8 Å². The van der Waals surface area contributed by atoms with Crippen molar-refractivity contribution in [3.63, 3.8) is 0 Å². The van der Waals surface area contributed by atoms with Crippen LogP contribution in [0.4, 0.5) is 5.82 Å². The molecular formula is C13H12N4O. The lowest BCUT2D eigenvalue weighted by Gasteiger charge is -2.06. The summed E-state index contributed by atoms with van der Waals surface area (Å²) < 4.78 is 4.98. The number of methoxy groups -OCH3 is 1. The lowest BCUT2D eigenvalue weighted by Crippen LogP contribution is -2.02. The predicted octanol–water partition coefficient (Wildman–Crippen LogP) is 1.97. The third kappa shape index (κ3) is 2.95. The van der Waals surface area contributed by atoms with Crippen molar-refractivity contribution >= 4 is 5.82 Å². The van der Waals surface area contributed by atoms with Crippen molar-refractivity contribution < 1.29 is 4.74 Å². The Hall–Kier alpha value is -2.61. The minimum absolute atomic E-state index is 0.584. The molecule has 0 fully saturated rings. The molecule has 0 radical (unpaired) electrons. The van der Waals surface area contributed by atoms with E-state index >= 15 is 0 Å². The van der Waals surface area contributed by atoms with Crippen LogP contribution < -0.4 is 10.1 Å². The summed E-state index contributed by atoms with van der Waals surface area (Å²) in [5.74, 6) is 1.26. The number of rotatable bonds is 4. The Bertz CT molecular complexity index is 560. The summed E-state index contributed by atoms with van der Waals surface area (Å²) in [5.41, 5.74) is 1.60. The zero-order valence-corrected chi connectivity index (χ0v) is 9.92. The number of hydrogen-bond donors (Lipinski definition) is 1. The van der Waals surface area contributed by atoms with Crippen LogP contribution >= 0.6 is 0 Å². The maximum atomic E-state index is 8.78. The van der Waals surface area contributed by atoms with Crippen molar-refractivity contribution in [1.29, 1.82) is 5.26 Å². The van der Waals surface area contributed by atoms with E-state index in [-0.39, 0.29) is 0 Å². The highest BCUT2D eigenvalue weighted by Gasteiger charge is 1.98. The van der Waals surface area contributed by atoms with Crippen LogP contribution in [0.1, 0.15) is 11.1 Å². The number of anilines is 1. The smallest absolute Gasteiger partial charge is 0.212 e. The third-order valence-electron chi connectivity index (χ3n) is 2.37. The molecule has 0 unspecified atom stereocenters. The van der Waals surface area contributed by atoms with E-state index in [9.17, 15) is 0 Å². The first-order valence-electron chi connectivity index (χ1n) is 5.41. The molecule has 0 amide bonds. The normalized spacial score (nSPS) is 9.56. The second-order valence-corrected chi connectivity index (χ2v) is 3.60. The molecular weight excluding hydrogens is 228 g/mol. The highest BCUT2D eigenvalue weighted by Crippen LogP contribution is 2.10. The van der Waals surface area contributed by atoms with Crippen LogP contribution in [0.25, 0.3) is 0 Å². The van der Waals surface area contributed by atoms with Crippen LogP contribution in [0, 0.1) is 11.3 Å². The molecule has 5 nitrogen and oxygen atoms in total. The minimum Gasteiger partial charge on any atom is -0.481 e. The van der Waals surface area contributed by atoms with Crippen LogP contribution in [0.3, 0.4) is 0 Å². The summed E-state index contributed by atoms with van der Waals surface area (Å²) in [6.45, 7) is 0.596. The van der Waals surface area contributed by atoms with Gasteiger partial charge < -0.3 is 10.1 Å². The monoisotopic (exact) mass is 240 g/mol. The molecule has 0 bridgehead atoms. The summed E-state index contributed by atoms with van der Waals surface area (Å²) in [5, 5.41) is 11.9. The van der Waals surface area contributed by atoms with Gasteiger partial charge in [-0.15, -0.1) is 0 Å². The molecule has 0 aliphatic carbocycles. The number of nitrogens with one attached hydrogen (secondary N) is 1. The number of nitriles is 1. The SMILES string of the molecule is COc1ccc(CNc2cc(C#N)ccn2)cn1. The Morgan fingerprint density at radius 1 is 1.33 bits per heavy atom. The Morgan fingerprint density at radius 2 is 2.22 bits per heavy atom. The lowest BCUT2D eigenvalue weighted by atomic mass is 10.2. The Morgan fingerprint density at radius 3 is 2.89 bits per heavy atom. The van der Waals surface area contributed by atoms with Gasteiger partial charge in [0.25, 0.3) is 0 Å². The fraction of sp³-hybridized carbons (Fsp3) is 0.154. The molecule has 5 heteroatoms. The molecule has 18 heavy (non-hydrogen) atoms. The average Bonchev–Trinajstić information content (AvgIpc) is 2.46. The van der Waals surface area contributed by atoms with E-state index in [2.05, 4.69) is 21.4 Å². The Kier molecular flexibility index (Phi) is 3.72. The first kappa shape index (κ1) is 11.9. The van der Waals surface area contributed by atoms with Gasteiger partial charge in [-0.2, -0.15) is 5.26 Å². The number of pyridine rings is 2. The number of nitrogens with zero attached hydrogens (tertiary/aromatic N) is 3. The highest BCUT2D eigenvalue weighted by molar-refractivity contribution is 5.42. The summed E-state index contributed by atoms with van der Waals surface area (Å²) in [4.78, 5) is 8.24. The molecule has 0 spiro atoms. The van der Waals surface area contributed by atoms with Crippen molar-refractivity contribution in [3.8, 4) is 11.9 Å².